The molecule has 0 spiro atoms. The molecule has 2 heteroatoms. The van der Waals surface area contributed by atoms with Gasteiger partial charge in [0.1, 0.15) is 0 Å². The van der Waals surface area contributed by atoms with Crippen molar-refractivity contribution >= 4 is 11.4 Å². The Morgan fingerprint density at radius 3 is 2.46 bits per heavy atom. The number of rotatable bonds is 1. The first-order valence-corrected chi connectivity index (χ1v) is 4.36. The molecule has 2 N–H and O–H groups in total. The number of nitrogens with two attached hydrogens (primary N) is 1. The van der Waals surface area contributed by atoms with Gasteiger partial charge in [0.2, 0.25) is 0 Å². The van der Waals surface area contributed by atoms with Crippen molar-refractivity contribution in [1.29, 1.82) is 0 Å². The van der Waals surface area contributed by atoms with Crippen molar-refractivity contribution in [2.45, 2.75) is 20.8 Å². The highest BCUT2D eigenvalue weighted by atomic mass is 14.7. The average Bonchev–Trinajstić information content (AvgIpc) is 2.10. The van der Waals surface area contributed by atoms with E-state index in [9.17, 15) is 0 Å². The lowest BCUT2D eigenvalue weighted by Gasteiger charge is -2.09. The molecule has 2 nitrogen and oxygen atoms in total. The van der Waals surface area contributed by atoms with E-state index in [1.54, 1.807) is 7.05 Å². The second kappa shape index (κ2) is 3.60. The van der Waals surface area contributed by atoms with Crippen LogP contribution >= 0.6 is 0 Å². The molecule has 0 aliphatic carbocycles. The molecule has 0 atom stereocenters. The standard InChI is InChI=1S/C11H16N2/c1-7-5-8(2)11(12)10(6-7)9(3)13-4/h5-6H,12H2,1-4H3. The van der Waals surface area contributed by atoms with Crippen LogP contribution in [0.25, 0.3) is 0 Å². The molecule has 0 fully saturated rings. The fourth-order valence-corrected chi connectivity index (χ4v) is 1.40. The number of nitrogen functional groups attached to an aromatic ring is 1. The van der Waals surface area contributed by atoms with Crippen LogP contribution in [0.15, 0.2) is 17.1 Å². The Labute approximate surface area is 79.5 Å². The smallest absolute Gasteiger partial charge is 0.0435 e. The van der Waals surface area contributed by atoms with Crippen molar-refractivity contribution in [3.8, 4) is 0 Å². The number of aliphatic imine (C=N–C) groups is 1. The third-order valence-electron chi connectivity index (χ3n) is 2.26. The summed E-state index contributed by atoms with van der Waals surface area (Å²) in [4.78, 5) is 4.14. The lowest BCUT2D eigenvalue weighted by atomic mass is 10.0. The number of aryl methyl sites for hydroxylation is 2. The molecule has 13 heavy (non-hydrogen) atoms. The van der Waals surface area contributed by atoms with Gasteiger partial charge in [-0.05, 0) is 32.4 Å². The first kappa shape index (κ1) is 9.78. The van der Waals surface area contributed by atoms with Crippen LogP contribution in [0, 0.1) is 13.8 Å². The van der Waals surface area contributed by atoms with Gasteiger partial charge >= 0.3 is 0 Å². The van der Waals surface area contributed by atoms with Crippen LogP contribution in [0.1, 0.15) is 23.6 Å². The maximum absolute atomic E-state index is 5.95. The quantitative estimate of drug-likeness (QED) is 0.517. The number of anilines is 1. The largest absolute Gasteiger partial charge is 0.398 e. The van der Waals surface area contributed by atoms with E-state index in [2.05, 4.69) is 24.0 Å². The van der Waals surface area contributed by atoms with E-state index >= 15 is 0 Å². The Balaban J connectivity index is 3.37. The fourth-order valence-electron chi connectivity index (χ4n) is 1.40. The summed E-state index contributed by atoms with van der Waals surface area (Å²) in [6, 6.07) is 4.16. The second-order valence-corrected chi connectivity index (χ2v) is 3.35. The summed E-state index contributed by atoms with van der Waals surface area (Å²) in [5.41, 5.74) is 11.2. The van der Waals surface area contributed by atoms with Crippen molar-refractivity contribution in [3.05, 3.63) is 28.8 Å². The minimum atomic E-state index is 0.841. The molecule has 1 rings (SSSR count). The zero-order valence-electron chi connectivity index (χ0n) is 8.68. The van der Waals surface area contributed by atoms with Crippen LogP contribution in [0.3, 0.4) is 0 Å². The van der Waals surface area contributed by atoms with E-state index in [-0.39, 0.29) is 0 Å². The zero-order chi connectivity index (χ0) is 10.0. The Morgan fingerprint density at radius 2 is 1.92 bits per heavy atom. The third kappa shape index (κ3) is 1.89. The predicted molar refractivity (Wildman–Crippen MR) is 58.5 cm³/mol. The normalized spacial score (nSPS) is 11.8. The average molecular weight is 176 g/mol. The first-order valence-electron chi connectivity index (χ1n) is 4.36. The van der Waals surface area contributed by atoms with Gasteiger partial charge in [-0.15, -0.1) is 0 Å². The predicted octanol–water partition coefficient (Wildman–Crippen LogP) is 2.32. The molecule has 0 aliphatic heterocycles. The molecule has 0 amide bonds. The Morgan fingerprint density at radius 1 is 1.31 bits per heavy atom. The number of benzene rings is 1. The van der Waals surface area contributed by atoms with Gasteiger partial charge in [-0.25, -0.2) is 0 Å². The van der Waals surface area contributed by atoms with Gasteiger partial charge in [-0.2, -0.15) is 0 Å². The van der Waals surface area contributed by atoms with Gasteiger partial charge in [0.25, 0.3) is 0 Å². The second-order valence-electron chi connectivity index (χ2n) is 3.35. The van der Waals surface area contributed by atoms with Gasteiger partial charge in [0.05, 0.1) is 0 Å². The molecule has 0 unspecified atom stereocenters. The van der Waals surface area contributed by atoms with Gasteiger partial charge in [0.15, 0.2) is 0 Å². The molecule has 0 aliphatic rings. The topological polar surface area (TPSA) is 38.4 Å². The van der Waals surface area contributed by atoms with Gasteiger partial charge in [-0.3, -0.25) is 4.99 Å². The number of hydrogen-bond acceptors (Lipinski definition) is 2. The number of hydrogen-bond donors (Lipinski definition) is 1. The molecule has 0 aromatic heterocycles. The van der Waals surface area contributed by atoms with Crippen LogP contribution in [0.4, 0.5) is 5.69 Å². The van der Waals surface area contributed by atoms with Crippen molar-refractivity contribution < 1.29 is 0 Å². The summed E-state index contributed by atoms with van der Waals surface area (Å²) < 4.78 is 0. The Bertz CT molecular complexity index is 351. The van der Waals surface area contributed by atoms with E-state index in [1.807, 2.05) is 13.8 Å². The molecule has 0 saturated heterocycles. The molecule has 0 heterocycles. The lowest BCUT2D eigenvalue weighted by molar-refractivity contribution is 1.35. The van der Waals surface area contributed by atoms with Crippen molar-refractivity contribution in [2.75, 3.05) is 12.8 Å². The highest BCUT2D eigenvalue weighted by molar-refractivity contribution is 6.03. The van der Waals surface area contributed by atoms with E-state index in [1.165, 1.54) is 5.56 Å². The summed E-state index contributed by atoms with van der Waals surface area (Å²) in [5.74, 6) is 0. The molecule has 1 aromatic rings. The summed E-state index contributed by atoms with van der Waals surface area (Å²) in [5, 5.41) is 0. The minimum absolute atomic E-state index is 0.841. The third-order valence-corrected chi connectivity index (χ3v) is 2.26. The summed E-state index contributed by atoms with van der Waals surface area (Å²) in [7, 11) is 1.78. The molecule has 1 aromatic carbocycles. The van der Waals surface area contributed by atoms with E-state index in [0.29, 0.717) is 0 Å². The molecular weight excluding hydrogens is 160 g/mol. The van der Waals surface area contributed by atoms with Gasteiger partial charge in [-0.1, -0.05) is 11.6 Å². The van der Waals surface area contributed by atoms with E-state index in [4.69, 9.17) is 5.73 Å². The zero-order valence-corrected chi connectivity index (χ0v) is 8.68. The lowest BCUT2D eigenvalue weighted by Crippen LogP contribution is -2.03. The minimum Gasteiger partial charge on any atom is -0.398 e. The maximum atomic E-state index is 5.95. The van der Waals surface area contributed by atoms with Crippen LogP contribution in [0.2, 0.25) is 0 Å². The SMILES string of the molecule is CN=C(C)c1cc(C)cc(C)c1N. The summed E-state index contributed by atoms with van der Waals surface area (Å²) in [6.07, 6.45) is 0. The van der Waals surface area contributed by atoms with E-state index in [0.717, 1.165) is 22.5 Å². The van der Waals surface area contributed by atoms with Gasteiger partial charge < -0.3 is 5.73 Å². The van der Waals surface area contributed by atoms with Crippen LogP contribution < -0.4 is 5.73 Å². The van der Waals surface area contributed by atoms with Crippen molar-refractivity contribution in [3.63, 3.8) is 0 Å². The molecule has 0 bridgehead atoms. The molecular formula is C11H16N2. The Hall–Kier alpha value is -1.31. The fraction of sp³-hybridized carbons (Fsp3) is 0.364. The Kier molecular flexibility index (Phi) is 2.71. The van der Waals surface area contributed by atoms with Crippen LogP contribution in [-0.2, 0) is 0 Å². The first-order chi connectivity index (χ1) is 6.06. The molecule has 0 radical (unpaired) electrons. The number of nitrogens with zero attached hydrogens (tertiary/aromatic N) is 1. The summed E-state index contributed by atoms with van der Waals surface area (Å²) in [6.45, 7) is 6.07. The highest BCUT2D eigenvalue weighted by Gasteiger charge is 2.05. The highest BCUT2D eigenvalue weighted by Crippen LogP contribution is 2.19. The monoisotopic (exact) mass is 176 g/mol. The van der Waals surface area contributed by atoms with Crippen molar-refractivity contribution in [1.82, 2.24) is 0 Å². The molecule has 0 saturated carbocycles. The van der Waals surface area contributed by atoms with Gasteiger partial charge in [0, 0.05) is 24.0 Å². The summed E-state index contributed by atoms with van der Waals surface area (Å²) >= 11 is 0. The van der Waals surface area contributed by atoms with Crippen molar-refractivity contribution in [2.24, 2.45) is 4.99 Å². The maximum Gasteiger partial charge on any atom is 0.0435 e. The van der Waals surface area contributed by atoms with Crippen LogP contribution in [-0.4, -0.2) is 12.8 Å². The molecule has 70 valence electrons. The van der Waals surface area contributed by atoms with Crippen LogP contribution in [0.5, 0.6) is 0 Å². The van der Waals surface area contributed by atoms with E-state index < -0.39 is 0 Å².